The normalized spacial score (nSPS) is 12.7. The predicted octanol–water partition coefficient (Wildman–Crippen LogP) is 3.20. The van der Waals surface area contributed by atoms with Crippen LogP contribution in [0.2, 0.25) is 5.02 Å². The average molecular weight is 358 g/mol. The number of aromatic nitrogens is 2. The predicted molar refractivity (Wildman–Crippen MR) is 85.6 cm³/mol. The first-order valence-electron chi connectivity index (χ1n) is 6.34. The van der Waals surface area contributed by atoms with Gasteiger partial charge >= 0.3 is 0 Å². The minimum absolute atomic E-state index is 0.0141. The summed E-state index contributed by atoms with van der Waals surface area (Å²) < 4.78 is 2.91. The molecule has 0 aliphatic carbocycles. The summed E-state index contributed by atoms with van der Waals surface area (Å²) in [5.41, 5.74) is 7.22. The second-order valence-electron chi connectivity index (χ2n) is 4.89. The molecule has 0 spiro atoms. The molecule has 1 atom stereocenters. The van der Waals surface area contributed by atoms with Gasteiger partial charge in [0, 0.05) is 18.5 Å². The lowest BCUT2D eigenvalue weighted by atomic mass is 9.98. The number of nitrogens with one attached hydrogen (secondary N) is 1. The molecule has 1 aromatic carbocycles. The Hall–Kier alpha value is -0.880. The van der Waals surface area contributed by atoms with Crippen molar-refractivity contribution < 1.29 is 0 Å². The molecule has 0 saturated heterocycles. The maximum Gasteiger partial charge on any atom is 0.0738 e. The van der Waals surface area contributed by atoms with Crippen LogP contribution in [0.3, 0.4) is 0 Å². The van der Waals surface area contributed by atoms with Crippen LogP contribution in [0.1, 0.15) is 28.6 Å². The SMILES string of the molecule is Cc1ccc(Cl)cc1C(Cc1c(Br)c(C)nn1C)NN. The van der Waals surface area contributed by atoms with Crippen LogP contribution in [0.5, 0.6) is 0 Å². The fourth-order valence-corrected chi connectivity index (χ4v) is 3.02. The molecule has 2 aromatic rings. The molecule has 0 aliphatic rings. The van der Waals surface area contributed by atoms with Crippen LogP contribution in [-0.2, 0) is 13.5 Å². The molecule has 0 fully saturated rings. The van der Waals surface area contributed by atoms with E-state index in [1.807, 2.05) is 36.9 Å². The van der Waals surface area contributed by atoms with Crippen molar-refractivity contribution in [2.75, 3.05) is 0 Å². The standard InChI is InChI=1S/C14H18BrClN4/c1-8-4-5-10(16)6-11(8)12(18-17)7-13-14(15)9(2)19-20(13)3/h4-6,12,18H,7,17H2,1-3H3. The summed E-state index contributed by atoms with van der Waals surface area (Å²) in [6, 6.07) is 5.84. The van der Waals surface area contributed by atoms with Crippen molar-refractivity contribution in [2.24, 2.45) is 12.9 Å². The number of nitrogens with zero attached hydrogens (tertiary/aromatic N) is 2. The number of aryl methyl sites for hydroxylation is 3. The van der Waals surface area contributed by atoms with E-state index in [1.54, 1.807) is 0 Å². The fourth-order valence-electron chi connectivity index (χ4n) is 2.34. The van der Waals surface area contributed by atoms with E-state index in [-0.39, 0.29) is 6.04 Å². The highest BCUT2D eigenvalue weighted by atomic mass is 79.9. The summed E-state index contributed by atoms with van der Waals surface area (Å²) in [7, 11) is 1.94. The Morgan fingerprint density at radius 2 is 2.15 bits per heavy atom. The topological polar surface area (TPSA) is 55.9 Å². The van der Waals surface area contributed by atoms with Gasteiger partial charge < -0.3 is 0 Å². The lowest BCUT2D eigenvalue weighted by molar-refractivity contribution is 0.527. The van der Waals surface area contributed by atoms with Gasteiger partial charge in [0.05, 0.1) is 21.9 Å². The third-order valence-corrected chi connectivity index (χ3v) is 4.74. The summed E-state index contributed by atoms with van der Waals surface area (Å²) >= 11 is 9.68. The van der Waals surface area contributed by atoms with E-state index in [9.17, 15) is 0 Å². The third-order valence-electron chi connectivity index (χ3n) is 3.48. The molecule has 6 heteroatoms. The Kier molecular flexibility index (Phi) is 4.86. The van der Waals surface area contributed by atoms with Crippen LogP contribution in [0.25, 0.3) is 0 Å². The van der Waals surface area contributed by atoms with Crippen LogP contribution in [0.4, 0.5) is 0 Å². The van der Waals surface area contributed by atoms with Crippen molar-refractivity contribution in [1.29, 1.82) is 0 Å². The van der Waals surface area contributed by atoms with Gasteiger partial charge in [-0.2, -0.15) is 5.10 Å². The molecule has 1 unspecified atom stereocenters. The average Bonchev–Trinajstić information content (AvgIpc) is 2.65. The van der Waals surface area contributed by atoms with Gasteiger partial charge in [-0.15, -0.1) is 0 Å². The van der Waals surface area contributed by atoms with Crippen molar-refractivity contribution in [1.82, 2.24) is 15.2 Å². The molecule has 1 heterocycles. The smallest absolute Gasteiger partial charge is 0.0738 e. The Morgan fingerprint density at radius 1 is 1.45 bits per heavy atom. The Labute approximate surface area is 132 Å². The Balaban J connectivity index is 2.36. The van der Waals surface area contributed by atoms with Crippen LogP contribution in [0, 0.1) is 13.8 Å². The molecule has 1 aromatic heterocycles. The largest absolute Gasteiger partial charge is 0.271 e. The van der Waals surface area contributed by atoms with Gasteiger partial charge in [0.25, 0.3) is 0 Å². The van der Waals surface area contributed by atoms with Gasteiger partial charge in [-0.25, -0.2) is 0 Å². The quantitative estimate of drug-likeness (QED) is 0.652. The van der Waals surface area contributed by atoms with Crippen molar-refractivity contribution in [3.05, 3.63) is 50.2 Å². The van der Waals surface area contributed by atoms with Gasteiger partial charge in [-0.05, 0) is 53.0 Å². The number of hydrogen-bond donors (Lipinski definition) is 2. The molecular formula is C14H18BrClN4. The number of rotatable bonds is 4. The molecule has 3 N–H and O–H groups in total. The molecule has 4 nitrogen and oxygen atoms in total. The van der Waals surface area contributed by atoms with Crippen LogP contribution in [0.15, 0.2) is 22.7 Å². The highest BCUT2D eigenvalue weighted by Gasteiger charge is 2.19. The highest BCUT2D eigenvalue weighted by Crippen LogP contribution is 2.28. The summed E-state index contributed by atoms with van der Waals surface area (Å²) in [4.78, 5) is 0. The van der Waals surface area contributed by atoms with Gasteiger partial charge in [-0.1, -0.05) is 17.7 Å². The van der Waals surface area contributed by atoms with E-state index < -0.39 is 0 Å². The second kappa shape index (κ2) is 6.26. The molecule has 0 radical (unpaired) electrons. The lowest BCUT2D eigenvalue weighted by Crippen LogP contribution is -2.30. The number of benzene rings is 1. The summed E-state index contributed by atoms with van der Waals surface area (Å²) in [5, 5.41) is 5.12. The van der Waals surface area contributed by atoms with Gasteiger partial charge in [0.15, 0.2) is 0 Å². The highest BCUT2D eigenvalue weighted by molar-refractivity contribution is 9.10. The maximum absolute atomic E-state index is 6.09. The number of halogens is 2. The molecule has 2 rings (SSSR count). The van der Waals surface area contributed by atoms with E-state index in [2.05, 4.69) is 33.4 Å². The monoisotopic (exact) mass is 356 g/mol. The molecule has 0 bridgehead atoms. The van der Waals surface area contributed by atoms with Crippen molar-refractivity contribution in [3.8, 4) is 0 Å². The summed E-state index contributed by atoms with van der Waals surface area (Å²) in [5.74, 6) is 5.74. The van der Waals surface area contributed by atoms with Gasteiger partial charge in [0.2, 0.25) is 0 Å². The summed E-state index contributed by atoms with van der Waals surface area (Å²) in [6.07, 6.45) is 0.732. The van der Waals surface area contributed by atoms with Crippen molar-refractivity contribution in [3.63, 3.8) is 0 Å². The van der Waals surface area contributed by atoms with Crippen LogP contribution >= 0.6 is 27.5 Å². The first-order chi connectivity index (χ1) is 9.43. The van der Waals surface area contributed by atoms with E-state index in [0.717, 1.165) is 33.4 Å². The minimum Gasteiger partial charge on any atom is -0.271 e. The van der Waals surface area contributed by atoms with Gasteiger partial charge in [-0.3, -0.25) is 16.0 Å². The molecule has 0 amide bonds. The summed E-state index contributed by atoms with van der Waals surface area (Å²) in [6.45, 7) is 4.03. The second-order valence-corrected chi connectivity index (χ2v) is 6.12. The fraction of sp³-hybridized carbons (Fsp3) is 0.357. The van der Waals surface area contributed by atoms with Crippen LogP contribution in [-0.4, -0.2) is 9.78 Å². The number of nitrogens with two attached hydrogens (primary N) is 1. The molecule has 0 aliphatic heterocycles. The zero-order valence-electron chi connectivity index (χ0n) is 11.7. The zero-order valence-corrected chi connectivity index (χ0v) is 14.1. The van der Waals surface area contributed by atoms with E-state index >= 15 is 0 Å². The van der Waals surface area contributed by atoms with Gasteiger partial charge in [0.1, 0.15) is 0 Å². The van der Waals surface area contributed by atoms with Crippen molar-refractivity contribution >= 4 is 27.5 Å². The first-order valence-corrected chi connectivity index (χ1v) is 7.51. The lowest BCUT2D eigenvalue weighted by Gasteiger charge is -2.19. The Morgan fingerprint density at radius 3 is 2.70 bits per heavy atom. The molecule has 20 heavy (non-hydrogen) atoms. The maximum atomic E-state index is 6.09. The van der Waals surface area contributed by atoms with E-state index in [4.69, 9.17) is 17.4 Å². The minimum atomic E-state index is -0.0141. The van der Waals surface area contributed by atoms with Crippen molar-refractivity contribution in [2.45, 2.75) is 26.3 Å². The molecule has 0 saturated carbocycles. The Bertz CT molecular complexity index is 624. The van der Waals surface area contributed by atoms with E-state index in [1.165, 1.54) is 0 Å². The zero-order chi connectivity index (χ0) is 14.9. The molecule has 108 valence electrons. The number of hydrogen-bond acceptors (Lipinski definition) is 3. The van der Waals surface area contributed by atoms with Crippen LogP contribution < -0.4 is 11.3 Å². The number of hydrazine groups is 1. The van der Waals surface area contributed by atoms with E-state index in [0.29, 0.717) is 5.02 Å². The third kappa shape index (κ3) is 3.06. The first kappa shape index (κ1) is 15.5. The molecular weight excluding hydrogens is 340 g/mol.